The van der Waals surface area contributed by atoms with Gasteiger partial charge in [0.15, 0.2) is 0 Å². The number of hydrogen-bond donors (Lipinski definition) is 4. The highest BCUT2D eigenvalue weighted by molar-refractivity contribution is 7.90. The number of H-pyrrole nitrogens is 1. The number of likely N-dealkylation sites (tertiary alicyclic amines) is 1. The number of aromatic nitrogens is 2. The van der Waals surface area contributed by atoms with Crippen LogP contribution in [0.4, 0.5) is 17.1 Å². The van der Waals surface area contributed by atoms with Crippen LogP contribution in [0.15, 0.2) is 126 Å². The number of piperidine rings is 2. The third-order valence-electron chi connectivity index (χ3n) is 17.7. The highest BCUT2D eigenvalue weighted by Crippen LogP contribution is 2.37. The van der Waals surface area contributed by atoms with Crippen molar-refractivity contribution in [2.75, 3.05) is 82.4 Å². The number of anilines is 2. The number of pyridine rings is 1. The van der Waals surface area contributed by atoms with E-state index in [4.69, 9.17) is 25.8 Å². The van der Waals surface area contributed by atoms with E-state index >= 15 is 0 Å². The van der Waals surface area contributed by atoms with Gasteiger partial charge in [0.1, 0.15) is 34.6 Å². The number of sulfonamides is 1. The first-order chi connectivity index (χ1) is 44.6. The maximum Gasteiger partial charge on any atom is 0.293 e. The Kier molecular flexibility index (Phi) is 19.3. The number of aromatic amines is 1. The summed E-state index contributed by atoms with van der Waals surface area (Å²) in [5, 5.41) is 19.0. The fourth-order valence-corrected chi connectivity index (χ4v) is 13.7. The molecule has 92 heavy (non-hydrogen) atoms. The molecule has 1 atom stereocenters. The van der Waals surface area contributed by atoms with Gasteiger partial charge in [0.25, 0.3) is 33.4 Å². The number of nitro groups is 1. The van der Waals surface area contributed by atoms with Crippen molar-refractivity contribution >= 4 is 79.3 Å². The zero-order valence-electron chi connectivity index (χ0n) is 50.5. The maximum absolute atomic E-state index is 14.2. The lowest BCUT2D eigenvalue weighted by atomic mass is 9.96. The largest absolute Gasteiger partial charge is 0.493 e. The molecule has 5 amide bonds. The van der Waals surface area contributed by atoms with E-state index in [9.17, 15) is 42.5 Å². The van der Waals surface area contributed by atoms with E-state index in [0.29, 0.717) is 93.4 Å². The van der Waals surface area contributed by atoms with Crippen LogP contribution in [0.3, 0.4) is 0 Å². The molecule has 2 aromatic heterocycles. The molecule has 0 saturated carbocycles. The van der Waals surface area contributed by atoms with Gasteiger partial charge in [0, 0.05) is 111 Å². The second-order valence-corrected chi connectivity index (χ2v) is 25.9. The Morgan fingerprint density at radius 3 is 2.38 bits per heavy atom. The highest BCUT2D eigenvalue weighted by Gasteiger charge is 2.45. The van der Waals surface area contributed by atoms with Crippen LogP contribution in [-0.2, 0) is 30.9 Å². The SMILES string of the molecule is O=C1CCC(N2C(=O)c3cccc(C#CCCCCN4CCC(COc5cccc(-c6ccc(Cl)cc6)c5CN5CCN(c6ccc(C(=O)NS(=O)(=O)c7ccc(NCC8CCOCC8)c([N+](=O)[O-])c7)c(Oc7cnc8[nH]ccc8c7)c6)CC5)CC4)c3C2=O)C(=O)N1. The Bertz CT molecular complexity index is 4150. The van der Waals surface area contributed by atoms with Gasteiger partial charge in [0.2, 0.25) is 11.8 Å². The summed E-state index contributed by atoms with van der Waals surface area (Å²) >= 11 is 6.38. The van der Waals surface area contributed by atoms with Crippen LogP contribution in [0.1, 0.15) is 100.0 Å². The zero-order chi connectivity index (χ0) is 63.9. The molecule has 1 unspecified atom stereocenters. The number of nitro benzene ring substituents is 1. The van der Waals surface area contributed by atoms with Gasteiger partial charge in [-0.2, -0.15) is 0 Å². The molecule has 22 nitrogen and oxygen atoms in total. The monoisotopic (exact) mass is 1280 g/mol. The van der Waals surface area contributed by atoms with Gasteiger partial charge >= 0.3 is 0 Å². The van der Waals surface area contributed by atoms with Crippen molar-refractivity contribution < 1.29 is 51.5 Å². The number of rotatable bonds is 21. The fraction of sp³-hybridized carbons (Fsp3) is 0.353. The normalized spacial score (nSPS) is 17.7. The molecule has 4 N–H and O–H groups in total. The van der Waals surface area contributed by atoms with Gasteiger partial charge in [-0.3, -0.25) is 49.2 Å². The quantitative estimate of drug-likeness (QED) is 0.0171. The molecule has 7 heterocycles. The molecule has 5 aromatic carbocycles. The molecule has 24 heteroatoms. The topological polar surface area (TPSA) is 268 Å². The number of carbonyl (C=O) groups excluding carboxylic acids is 5. The van der Waals surface area contributed by atoms with Crippen molar-refractivity contribution in [3.8, 4) is 40.2 Å². The standard InChI is InChI=1S/C68H69ClN10O12S/c69-49-14-12-46(13-15-49)53-9-6-11-60(90-43-45-23-29-75(30-24-45)28-4-2-1-3-7-47-8-5-10-55-63(47)68(84)78(67(55)83)58-20-21-62(80)73-66(58)82)56(53)42-76-31-33-77(34-32-76)50-16-18-54(61(38-50)91-51-37-48-22-27-70-64(48)72-41-51)65(81)74-92(87,88)52-17-19-57(59(39-52)79(85)86)71-40-44-25-35-89-36-26-44/h5-6,8-19,22,27,37-39,41,44-45,58,71H,1-2,4,20-21,23-26,28-36,40,42-43H2,(H,70,72)(H,74,81)(H,73,80,82). The smallest absolute Gasteiger partial charge is 0.293 e. The predicted octanol–water partition coefficient (Wildman–Crippen LogP) is 9.58. The van der Waals surface area contributed by atoms with E-state index in [-0.39, 0.29) is 46.9 Å². The number of imide groups is 2. The molecule has 0 spiro atoms. The van der Waals surface area contributed by atoms with Crippen LogP contribution in [0.5, 0.6) is 17.2 Å². The minimum absolute atomic E-state index is 0.0507. The summed E-state index contributed by atoms with van der Waals surface area (Å²) in [6.07, 6.45) is 9.39. The molecule has 0 aliphatic carbocycles. The minimum atomic E-state index is -4.62. The molecule has 4 fully saturated rings. The molecular formula is C68H69ClN10O12S. The van der Waals surface area contributed by atoms with Crippen LogP contribution < -0.4 is 29.7 Å². The number of piperazine rings is 1. The Labute approximate surface area is 537 Å². The van der Waals surface area contributed by atoms with Gasteiger partial charge in [-0.25, -0.2) is 18.1 Å². The summed E-state index contributed by atoms with van der Waals surface area (Å²) in [4.78, 5) is 91.9. The summed E-state index contributed by atoms with van der Waals surface area (Å²) in [5.41, 5.74) is 5.02. The van der Waals surface area contributed by atoms with Crippen LogP contribution >= 0.6 is 11.6 Å². The first kappa shape index (κ1) is 63.0. The Morgan fingerprint density at radius 2 is 1.60 bits per heavy atom. The van der Waals surface area contributed by atoms with Crippen molar-refractivity contribution in [2.24, 2.45) is 11.8 Å². The number of hydrogen-bond acceptors (Lipinski definition) is 17. The third kappa shape index (κ3) is 14.4. The van der Waals surface area contributed by atoms with Crippen LogP contribution in [0.2, 0.25) is 5.02 Å². The van der Waals surface area contributed by atoms with E-state index in [1.54, 1.807) is 42.6 Å². The van der Waals surface area contributed by atoms with Crippen molar-refractivity contribution in [1.29, 1.82) is 0 Å². The number of nitrogens with zero attached hydrogens (tertiary/aromatic N) is 6. The van der Waals surface area contributed by atoms with Gasteiger partial charge in [-0.15, -0.1) is 0 Å². The number of unbranched alkanes of at least 4 members (excludes halogenated alkanes) is 2. The molecule has 0 bridgehead atoms. The molecule has 4 saturated heterocycles. The molecule has 5 aliphatic heterocycles. The van der Waals surface area contributed by atoms with Crippen molar-refractivity contribution in [3.05, 3.63) is 165 Å². The number of amides is 5. The average Bonchev–Trinajstić information content (AvgIpc) is 1.62. The Hall–Kier alpha value is -9.18. The van der Waals surface area contributed by atoms with E-state index in [1.165, 1.54) is 24.4 Å². The van der Waals surface area contributed by atoms with E-state index in [2.05, 4.69) is 57.9 Å². The van der Waals surface area contributed by atoms with Gasteiger partial charge in [-0.1, -0.05) is 53.8 Å². The lowest BCUT2D eigenvalue weighted by molar-refractivity contribution is -0.384. The lowest BCUT2D eigenvalue weighted by Gasteiger charge is -2.37. The maximum atomic E-state index is 14.2. The fourth-order valence-electron chi connectivity index (χ4n) is 12.6. The second-order valence-electron chi connectivity index (χ2n) is 23.8. The van der Waals surface area contributed by atoms with Crippen molar-refractivity contribution in [1.82, 2.24) is 34.7 Å². The van der Waals surface area contributed by atoms with Crippen LogP contribution in [0.25, 0.3) is 22.2 Å². The van der Waals surface area contributed by atoms with Crippen LogP contribution in [0, 0.1) is 33.8 Å². The Morgan fingerprint density at radius 1 is 0.815 bits per heavy atom. The minimum Gasteiger partial charge on any atom is -0.493 e. The third-order valence-corrected chi connectivity index (χ3v) is 19.3. The van der Waals surface area contributed by atoms with Gasteiger partial charge in [-0.05, 0) is 154 Å². The van der Waals surface area contributed by atoms with Gasteiger partial charge < -0.3 is 34.3 Å². The average molecular weight is 1290 g/mol. The molecule has 476 valence electrons. The molecule has 7 aromatic rings. The van der Waals surface area contributed by atoms with Crippen molar-refractivity contribution in [3.63, 3.8) is 0 Å². The number of carbonyl (C=O) groups is 5. The lowest BCUT2D eigenvalue weighted by Crippen LogP contribution is -2.54. The van der Waals surface area contributed by atoms with E-state index in [0.717, 1.165) is 103 Å². The first-order valence-electron chi connectivity index (χ1n) is 31.1. The summed E-state index contributed by atoms with van der Waals surface area (Å²) < 4.78 is 48.5. The molecular weight excluding hydrogens is 1220 g/mol. The summed E-state index contributed by atoms with van der Waals surface area (Å²) in [6.45, 7) is 8.22. The molecule has 0 radical (unpaired) electrons. The number of halogens is 1. The summed E-state index contributed by atoms with van der Waals surface area (Å²) in [5.74, 6) is 4.94. The van der Waals surface area contributed by atoms with E-state index in [1.807, 2.05) is 42.5 Å². The Balaban J connectivity index is 0.666. The van der Waals surface area contributed by atoms with Crippen molar-refractivity contribution in [2.45, 2.75) is 75.3 Å². The predicted molar refractivity (Wildman–Crippen MR) is 345 cm³/mol. The number of benzene rings is 5. The number of ether oxygens (including phenoxy) is 3. The van der Waals surface area contributed by atoms with E-state index < -0.39 is 61.1 Å². The molecule has 5 aliphatic rings. The number of fused-ring (bicyclic) bond motifs is 2. The molecule has 12 rings (SSSR count). The first-order valence-corrected chi connectivity index (χ1v) is 32.9. The van der Waals surface area contributed by atoms with Crippen LogP contribution in [-0.4, -0.2) is 146 Å². The highest BCUT2D eigenvalue weighted by atomic mass is 35.5. The number of nitrogens with one attached hydrogen (secondary N) is 4. The summed E-state index contributed by atoms with van der Waals surface area (Å²) in [6, 6.07) is 30.0. The second kappa shape index (κ2) is 28.1. The summed E-state index contributed by atoms with van der Waals surface area (Å²) in [7, 11) is -4.62. The zero-order valence-corrected chi connectivity index (χ0v) is 52.1. The van der Waals surface area contributed by atoms with Gasteiger partial charge in [0.05, 0.1) is 39.3 Å².